The van der Waals surface area contributed by atoms with Crippen LogP contribution in [0.5, 0.6) is 11.5 Å². The van der Waals surface area contributed by atoms with E-state index in [1.807, 2.05) is 13.0 Å². The van der Waals surface area contributed by atoms with E-state index in [2.05, 4.69) is 5.32 Å². The van der Waals surface area contributed by atoms with E-state index in [1.165, 1.54) is 12.1 Å². The fraction of sp³-hybridized carbons (Fsp3) is 0.353. The molecular formula is C17H18N2O6. The lowest BCUT2D eigenvalue weighted by molar-refractivity contribution is -0.385. The highest BCUT2D eigenvalue weighted by molar-refractivity contribution is 5.99. The highest BCUT2D eigenvalue weighted by Crippen LogP contribution is 2.36. The average molecular weight is 346 g/mol. The van der Waals surface area contributed by atoms with Gasteiger partial charge in [0, 0.05) is 18.5 Å². The summed E-state index contributed by atoms with van der Waals surface area (Å²) in [6, 6.07) is 6.08. The van der Waals surface area contributed by atoms with Gasteiger partial charge in [-0.25, -0.2) is 0 Å². The van der Waals surface area contributed by atoms with Crippen molar-refractivity contribution in [2.45, 2.75) is 25.8 Å². The number of nitrogens with one attached hydrogen (secondary N) is 1. The van der Waals surface area contributed by atoms with Crippen molar-refractivity contribution in [3.63, 3.8) is 0 Å². The Hall–Kier alpha value is -3.03. The first kappa shape index (κ1) is 16.8. The molecule has 8 heteroatoms. The second-order valence-electron chi connectivity index (χ2n) is 5.76. The van der Waals surface area contributed by atoms with Crippen LogP contribution in [0.1, 0.15) is 29.5 Å². The molecule has 0 radical (unpaired) electrons. The van der Waals surface area contributed by atoms with Gasteiger partial charge in [-0.3, -0.25) is 14.9 Å². The molecule has 1 aromatic heterocycles. The maximum atomic E-state index is 12.5. The molecule has 0 bridgehead atoms. The van der Waals surface area contributed by atoms with E-state index >= 15 is 0 Å². The number of nitro benzene ring substituents is 1. The fourth-order valence-electron chi connectivity index (χ4n) is 2.60. The first-order valence-electron chi connectivity index (χ1n) is 7.96. The van der Waals surface area contributed by atoms with Gasteiger partial charge in [-0.2, -0.15) is 0 Å². The monoisotopic (exact) mass is 346 g/mol. The first-order valence-corrected chi connectivity index (χ1v) is 7.96. The Bertz CT molecular complexity index is 772. The highest BCUT2D eigenvalue weighted by atomic mass is 16.6. The zero-order valence-electron chi connectivity index (χ0n) is 13.7. The molecule has 0 fully saturated rings. The Morgan fingerprint density at radius 3 is 2.68 bits per heavy atom. The number of carbonyl (C=O) groups excluding carboxylic acids is 1. The number of hydrogen-bond donors (Lipinski definition) is 1. The summed E-state index contributed by atoms with van der Waals surface area (Å²) in [6.07, 6.45) is 2.91. The molecule has 3 rings (SSSR count). The van der Waals surface area contributed by atoms with Gasteiger partial charge < -0.3 is 19.2 Å². The van der Waals surface area contributed by atoms with Crippen LogP contribution in [0.15, 0.2) is 34.9 Å². The second kappa shape index (κ2) is 7.25. The second-order valence-corrected chi connectivity index (χ2v) is 5.76. The normalized spacial score (nSPS) is 14.0. The minimum Gasteiger partial charge on any atom is -0.486 e. The van der Waals surface area contributed by atoms with Gasteiger partial charge in [0.15, 0.2) is 11.5 Å². The Kier molecular flexibility index (Phi) is 4.87. The summed E-state index contributed by atoms with van der Waals surface area (Å²) < 4.78 is 16.0. The number of carbonyl (C=O) groups is 1. The van der Waals surface area contributed by atoms with Gasteiger partial charge in [-0.1, -0.05) is 0 Å². The van der Waals surface area contributed by atoms with Crippen LogP contribution in [0.3, 0.4) is 0 Å². The van der Waals surface area contributed by atoms with Crippen LogP contribution < -0.4 is 14.8 Å². The van der Waals surface area contributed by atoms with Crippen LogP contribution in [0.4, 0.5) is 5.69 Å². The standard InChI is InChI=1S/C17H18N2O6/c1-11(4-5-12-3-2-6-23-12)18-17(20)13-9-15-16(25-8-7-24-15)10-14(13)19(21)22/h2-3,6,9-11H,4-5,7-8H2,1H3,(H,18,20). The van der Waals surface area contributed by atoms with Crippen LogP contribution in [0.25, 0.3) is 0 Å². The number of ether oxygens (including phenoxy) is 2. The van der Waals surface area contributed by atoms with Crippen molar-refractivity contribution >= 4 is 11.6 Å². The molecule has 0 saturated carbocycles. The molecule has 1 aliphatic heterocycles. The topological polar surface area (TPSA) is 104 Å². The number of nitro groups is 1. The minimum atomic E-state index is -0.597. The first-order chi connectivity index (χ1) is 12.0. The van der Waals surface area contributed by atoms with E-state index in [1.54, 1.807) is 12.3 Å². The number of hydrogen-bond acceptors (Lipinski definition) is 6. The van der Waals surface area contributed by atoms with Crippen LogP contribution in [-0.4, -0.2) is 30.1 Å². The molecule has 1 amide bonds. The van der Waals surface area contributed by atoms with Crippen molar-refractivity contribution in [3.8, 4) is 11.5 Å². The third-order valence-corrected chi connectivity index (χ3v) is 3.88. The van der Waals surface area contributed by atoms with Gasteiger partial charge >= 0.3 is 0 Å². The number of furan rings is 1. The van der Waals surface area contributed by atoms with Crippen LogP contribution >= 0.6 is 0 Å². The smallest absolute Gasteiger partial charge is 0.286 e. The Labute approximate surface area is 143 Å². The Balaban J connectivity index is 1.73. The minimum absolute atomic E-state index is 0.0425. The highest BCUT2D eigenvalue weighted by Gasteiger charge is 2.27. The number of fused-ring (bicyclic) bond motifs is 1. The molecule has 25 heavy (non-hydrogen) atoms. The Morgan fingerprint density at radius 1 is 1.32 bits per heavy atom. The molecule has 1 atom stereocenters. The maximum absolute atomic E-state index is 12.5. The lowest BCUT2D eigenvalue weighted by atomic mass is 10.1. The van der Waals surface area contributed by atoms with Gasteiger partial charge in [0.2, 0.25) is 0 Å². The van der Waals surface area contributed by atoms with Gasteiger partial charge in [0.05, 0.1) is 17.3 Å². The molecule has 8 nitrogen and oxygen atoms in total. The summed E-state index contributed by atoms with van der Waals surface area (Å²) in [5.74, 6) is 0.924. The molecule has 1 unspecified atom stereocenters. The number of aryl methyl sites for hydroxylation is 1. The van der Waals surface area contributed by atoms with E-state index < -0.39 is 10.8 Å². The molecule has 0 saturated heterocycles. The molecule has 0 aliphatic carbocycles. The predicted octanol–water partition coefficient (Wildman–Crippen LogP) is 2.71. The van der Waals surface area contributed by atoms with Crippen LogP contribution in [0.2, 0.25) is 0 Å². The van der Waals surface area contributed by atoms with Crippen molar-refractivity contribution in [2.75, 3.05) is 13.2 Å². The molecule has 1 N–H and O–H groups in total. The zero-order chi connectivity index (χ0) is 17.8. The number of rotatable bonds is 6. The molecule has 2 aromatic rings. The van der Waals surface area contributed by atoms with E-state index in [4.69, 9.17) is 13.9 Å². The lowest BCUT2D eigenvalue weighted by Gasteiger charge is -2.19. The molecule has 1 aliphatic rings. The molecule has 0 spiro atoms. The summed E-state index contributed by atoms with van der Waals surface area (Å²) in [7, 11) is 0. The van der Waals surface area contributed by atoms with Crippen molar-refractivity contribution in [1.29, 1.82) is 0 Å². The quantitative estimate of drug-likeness (QED) is 0.637. The number of amides is 1. The van der Waals surface area contributed by atoms with Crippen molar-refractivity contribution < 1.29 is 23.6 Å². The predicted molar refractivity (Wildman–Crippen MR) is 88.0 cm³/mol. The molecular weight excluding hydrogens is 328 g/mol. The summed E-state index contributed by atoms with van der Waals surface area (Å²) in [5, 5.41) is 14.1. The fourth-order valence-corrected chi connectivity index (χ4v) is 2.60. The van der Waals surface area contributed by atoms with Crippen molar-refractivity contribution in [3.05, 3.63) is 52.0 Å². The van der Waals surface area contributed by atoms with Crippen LogP contribution in [0, 0.1) is 10.1 Å². The van der Waals surface area contributed by atoms with E-state index in [9.17, 15) is 14.9 Å². The molecule has 2 heterocycles. The summed E-state index contributed by atoms with van der Waals surface area (Å²) >= 11 is 0. The van der Waals surface area contributed by atoms with Gasteiger partial charge in [0.25, 0.3) is 11.6 Å². The SMILES string of the molecule is CC(CCc1ccco1)NC(=O)c1cc2c(cc1[N+](=O)[O-])OCCO2. The van der Waals surface area contributed by atoms with E-state index in [-0.39, 0.29) is 23.0 Å². The van der Waals surface area contributed by atoms with Crippen LogP contribution in [-0.2, 0) is 6.42 Å². The summed E-state index contributed by atoms with van der Waals surface area (Å²) in [5.41, 5.74) is -0.348. The Morgan fingerprint density at radius 2 is 2.04 bits per heavy atom. The summed E-state index contributed by atoms with van der Waals surface area (Å²) in [6.45, 7) is 2.50. The third kappa shape index (κ3) is 3.90. The number of benzene rings is 1. The van der Waals surface area contributed by atoms with E-state index in [0.717, 1.165) is 5.76 Å². The third-order valence-electron chi connectivity index (χ3n) is 3.88. The van der Waals surface area contributed by atoms with Gasteiger partial charge in [-0.15, -0.1) is 0 Å². The van der Waals surface area contributed by atoms with Gasteiger partial charge in [0.1, 0.15) is 24.5 Å². The van der Waals surface area contributed by atoms with Crippen molar-refractivity contribution in [1.82, 2.24) is 5.32 Å². The number of nitrogens with zero attached hydrogens (tertiary/aromatic N) is 1. The molecule has 132 valence electrons. The largest absolute Gasteiger partial charge is 0.486 e. The zero-order valence-corrected chi connectivity index (χ0v) is 13.7. The van der Waals surface area contributed by atoms with Crippen molar-refractivity contribution in [2.24, 2.45) is 0 Å². The molecule has 1 aromatic carbocycles. The summed E-state index contributed by atoms with van der Waals surface area (Å²) in [4.78, 5) is 23.2. The van der Waals surface area contributed by atoms with Gasteiger partial charge in [-0.05, 0) is 25.5 Å². The van der Waals surface area contributed by atoms with E-state index in [0.29, 0.717) is 31.8 Å². The lowest BCUT2D eigenvalue weighted by Crippen LogP contribution is -2.33. The maximum Gasteiger partial charge on any atom is 0.286 e. The average Bonchev–Trinajstić information content (AvgIpc) is 3.12.